The molecule has 0 saturated carbocycles. The molecule has 8 nitrogen and oxygen atoms in total. The van der Waals surface area contributed by atoms with Gasteiger partial charge in [-0.05, 0) is 48.5 Å². The predicted octanol–water partition coefficient (Wildman–Crippen LogP) is 4.40. The monoisotopic (exact) mass is 438 g/mol. The van der Waals surface area contributed by atoms with E-state index in [1.165, 1.54) is 18.2 Å². The highest BCUT2D eigenvalue weighted by molar-refractivity contribution is 6.30. The molecule has 0 radical (unpaired) electrons. The number of carbonyl (C=O) groups is 1. The zero-order valence-electron chi connectivity index (χ0n) is 16.5. The number of ether oxygens (including phenoxy) is 1. The number of benzene rings is 2. The Morgan fingerprint density at radius 3 is 2.42 bits per heavy atom. The molecule has 0 bridgehead atoms. The fraction of sp³-hybridized carbons (Fsp3) is 0.182. The van der Waals surface area contributed by atoms with E-state index in [-0.39, 0.29) is 22.4 Å². The van der Waals surface area contributed by atoms with Crippen LogP contribution in [0.1, 0.15) is 10.4 Å². The second-order valence-electron chi connectivity index (χ2n) is 6.96. The third-order valence-corrected chi connectivity index (χ3v) is 5.22. The van der Waals surface area contributed by atoms with E-state index in [2.05, 4.69) is 9.88 Å². The fourth-order valence-electron chi connectivity index (χ4n) is 3.37. The number of nitro groups is 1. The highest BCUT2D eigenvalue weighted by atomic mass is 35.5. The van der Waals surface area contributed by atoms with Gasteiger partial charge >= 0.3 is 5.69 Å². The number of carbonyl (C=O) groups excluding carboxylic acids is 1. The number of amides is 1. The average molecular weight is 439 g/mol. The maximum absolute atomic E-state index is 12.8. The van der Waals surface area contributed by atoms with Gasteiger partial charge in [0.2, 0.25) is 5.75 Å². The van der Waals surface area contributed by atoms with Gasteiger partial charge in [-0.2, -0.15) is 0 Å². The van der Waals surface area contributed by atoms with E-state index in [0.717, 1.165) is 5.82 Å². The number of nitrogens with zero attached hydrogens (tertiary/aromatic N) is 4. The molecule has 0 N–H and O–H groups in total. The average Bonchev–Trinajstić information content (AvgIpc) is 2.81. The minimum Gasteiger partial charge on any atom is -0.450 e. The number of aromatic nitrogens is 1. The van der Waals surface area contributed by atoms with Gasteiger partial charge in [-0.1, -0.05) is 17.7 Å². The first-order chi connectivity index (χ1) is 15.0. The molecule has 9 heteroatoms. The van der Waals surface area contributed by atoms with Crippen LogP contribution in [-0.4, -0.2) is 46.9 Å². The van der Waals surface area contributed by atoms with Crippen LogP contribution in [0.15, 0.2) is 66.9 Å². The van der Waals surface area contributed by atoms with Gasteiger partial charge in [0, 0.05) is 49.0 Å². The highest BCUT2D eigenvalue weighted by Gasteiger charge is 2.23. The standard InChI is InChI=1S/C22H19ClN4O4/c23-17-6-9-20(19(15-17)27(29)30)31-18-7-4-16(5-8-18)22(28)26-13-11-25(12-14-26)21-3-1-2-10-24-21/h1-10,15H,11-14H2. The number of piperazine rings is 1. The smallest absolute Gasteiger partial charge is 0.313 e. The Bertz CT molecular complexity index is 1080. The topological polar surface area (TPSA) is 88.8 Å². The Balaban J connectivity index is 1.40. The van der Waals surface area contributed by atoms with Gasteiger partial charge < -0.3 is 14.5 Å². The lowest BCUT2D eigenvalue weighted by molar-refractivity contribution is -0.385. The Morgan fingerprint density at radius 1 is 1.03 bits per heavy atom. The van der Waals surface area contributed by atoms with Crippen LogP contribution in [0.4, 0.5) is 11.5 Å². The van der Waals surface area contributed by atoms with Gasteiger partial charge in [0.25, 0.3) is 5.91 Å². The van der Waals surface area contributed by atoms with Crippen molar-refractivity contribution in [1.29, 1.82) is 0 Å². The van der Waals surface area contributed by atoms with Gasteiger partial charge in [-0.25, -0.2) is 4.98 Å². The molecule has 31 heavy (non-hydrogen) atoms. The SMILES string of the molecule is O=C(c1ccc(Oc2ccc(Cl)cc2[N+](=O)[O-])cc1)N1CCN(c2ccccn2)CC1. The minimum absolute atomic E-state index is 0.0651. The van der Waals surface area contributed by atoms with Crippen LogP contribution in [-0.2, 0) is 0 Å². The summed E-state index contributed by atoms with van der Waals surface area (Å²) < 4.78 is 5.63. The Kier molecular flexibility index (Phi) is 5.99. The molecule has 1 aliphatic heterocycles. The van der Waals surface area contributed by atoms with Crippen LogP contribution in [0, 0.1) is 10.1 Å². The lowest BCUT2D eigenvalue weighted by atomic mass is 10.1. The van der Waals surface area contributed by atoms with Crippen molar-refractivity contribution < 1.29 is 14.5 Å². The van der Waals surface area contributed by atoms with E-state index >= 15 is 0 Å². The first kappa shape index (κ1) is 20.6. The number of anilines is 1. The van der Waals surface area contributed by atoms with E-state index in [1.807, 2.05) is 18.2 Å². The Hall–Kier alpha value is -3.65. The number of hydrogen-bond acceptors (Lipinski definition) is 6. The largest absolute Gasteiger partial charge is 0.450 e. The molecule has 2 heterocycles. The van der Waals surface area contributed by atoms with Crippen LogP contribution in [0.2, 0.25) is 5.02 Å². The Morgan fingerprint density at radius 2 is 1.77 bits per heavy atom. The molecular formula is C22H19ClN4O4. The highest BCUT2D eigenvalue weighted by Crippen LogP contribution is 2.33. The summed E-state index contributed by atoms with van der Waals surface area (Å²) >= 11 is 5.83. The van der Waals surface area contributed by atoms with Crippen molar-refractivity contribution in [2.75, 3.05) is 31.1 Å². The first-order valence-corrected chi connectivity index (χ1v) is 10.1. The first-order valence-electron chi connectivity index (χ1n) is 9.68. The number of pyridine rings is 1. The lowest BCUT2D eigenvalue weighted by Gasteiger charge is -2.35. The van der Waals surface area contributed by atoms with Gasteiger partial charge in [0.15, 0.2) is 0 Å². The molecule has 0 unspecified atom stereocenters. The fourth-order valence-corrected chi connectivity index (χ4v) is 3.54. The third kappa shape index (κ3) is 4.75. The van der Waals surface area contributed by atoms with Crippen molar-refractivity contribution in [3.05, 3.63) is 87.6 Å². The van der Waals surface area contributed by atoms with Gasteiger partial charge in [-0.15, -0.1) is 0 Å². The van der Waals surface area contributed by atoms with Gasteiger partial charge in [0.05, 0.1) is 4.92 Å². The minimum atomic E-state index is -0.552. The summed E-state index contributed by atoms with van der Waals surface area (Å²) in [7, 11) is 0. The molecule has 1 fully saturated rings. The molecule has 1 amide bonds. The molecule has 0 atom stereocenters. The zero-order chi connectivity index (χ0) is 21.8. The molecule has 1 saturated heterocycles. The third-order valence-electron chi connectivity index (χ3n) is 4.99. The molecule has 1 aromatic heterocycles. The van der Waals surface area contributed by atoms with Crippen LogP contribution in [0.5, 0.6) is 11.5 Å². The number of nitro benzene ring substituents is 1. The van der Waals surface area contributed by atoms with Crippen molar-refractivity contribution in [2.45, 2.75) is 0 Å². The van der Waals surface area contributed by atoms with Crippen molar-refractivity contribution in [1.82, 2.24) is 9.88 Å². The van der Waals surface area contributed by atoms with Crippen molar-refractivity contribution in [3.8, 4) is 11.5 Å². The second kappa shape index (κ2) is 9.01. The maximum Gasteiger partial charge on any atom is 0.313 e. The van der Waals surface area contributed by atoms with E-state index in [1.54, 1.807) is 35.4 Å². The van der Waals surface area contributed by atoms with Crippen molar-refractivity contribution >= 4 is 29.0 Å². The van der Waals surface area contributed by atoms with Crippen LogP contribution < -0.4 is 9.64 Å². The van der Waals surface area contributed by atoms with E-state index in [0.29, 0.717) is 37.5 Å². The summed E-state index contributed by atoms with van der Waals surface area (Å²) in [6.07, 6.45) is 1.76. The maximum atomic E-state index is 12.8. The van der Waals surface area contributed by atoms with Crippen molar-refractivity contribution in [2.24, 2.45) is 0 Å². The van der Waals surface area contributed by atoms with Crippen LogP contribution in [0.25, 0.3) is 0 Å². The van der Waals surface area contributed by atoms with E-state index < -0.39 is 4.92 Å². The molecule has 158 valence electrons. The normalized spacial score (nSPS) is 13.7. The Labute approximate surface area is 183 Å². The molecule has 2 aromatic carbocycles. The van der Waals surface area contributed by atoms with Gasteiger partial charge in [-0.3, -0.25) is 14.9 Å². The van der Waals surface area contributed by atoms with Gasteiger partial charge in [0.1, 0.15) is 11.6 Å². The predicted molar refractivity (Wildman–Crippen MR) is 117 cm³/mol. The number of hydrogen-bond donors (Lipinski definition) is 0. The zero-order valence-corrected chi connectivity index (χ0v) is 17.2. The van der Waals surface area contributed by atoms with Crippen LogP contribution >= 0.6 is 11.6 Å². The number of halogens is 1. The molecule has 0 aliphatic carbocycles. The second-order valence-corrected chi connectivity index (χ2v) is 7.40. The molecular weight excluding hydrogens is 420 g/mol. The molecule has 0 spiro atoms. The summed E-state index contributed by atoms with van der Waals surface area (Å²) in [6.45, 7) is 2.63. The lowest BCUT2D eigenvalue weighted by Crippen LogP contribution is -2.49. The van der Waals surface area contributed by atoms with Crippen LogP contribution in [0.3, 0.4) is 0 Å². The summed E-state index contributed by atoms with van der Waals surface area (Å²) in [6, 6.07) is 16.5. The molecule has 3 aromatic rings. The van der Waals surface area contributed by atoms with E-state index in [4.69, 9.17) is 16.3 Å². The van der Waals surface area contributed by atoms with Crippen molar-refractivity contribution in [3.63, 3.8) is 0 Å². The van der Waals surface area contributed by atoms with E-state index in [9.17, 15) is 14.9 Å². The summed E-state index contributed by atoms with van der Waals surface area (Å²) in [5.41, 5.74) is 0.308. The molecule has 1 aliphatic rings. The summed E-state index contributed by atoms with van der Waals surface area (Å²) in [5, 5.41) is 11.5. The number of rotatable bonds is 5. The summed E-state index contributed by atoms with van der Waals surface area (Å²) in [4.78, 5) is 31.8. The summed E-state index contributed by atoms with van der Waals surface area (Å²) in [5.74, 6) is 1.32. The molecule has 4 rings (SSSR count). The quantitative estimate of drug-likeness (QED) is 0.433.